The maximum absolute atomic E-state index is 13.8. The molecular weight excluding hydrogens is 527 g/mol. The highest BCUT2D eigenvalue weighted by molar-refractivity contribution is 9.10. The molecule has 0 saturated carbocycles. The number of fused-ring (bicyclic) bond motifs is 1. The Balaban J connectivity index is 2.55. The van der Waals surface area contributed by atoms with Crippen molar-refractivity contribution in [2.75, 3.05) is 7.11 Å². The number of alkyl halides is 9. The third-order valence-electron chi connectivity index (χ3n) is 3.73. The Labute approximate surface area is 170 Å². The summed E-state index contributed by atoms with van der Waals surface area (Å²) >= 11 is 2.71. The lowest BCUT2D eigenvalue weighted by Crippen LogP contribution is -2.63. The van der Waals surface area contributed by atoms with E-state index < -0.39 is 43.6 Å². The molecule has 0 radical (unpaired) electrons. The Morgan fingerprint density at radius 3 is 1.90 bits per heavy atom. The van der Waals surface area contributed by atoms with Crippen molar-refractivity contribution in [1.82, 2.24) is 0 Å². The lowest BCUT2D eigenvalue weighted by molar-refractivity contribution is -0.382. The maximum atomic E-state index is 13.8. The fourth-order valence-electron chi connectivity index (χ4n) is 2.11. The van der Waals surface area contributed by atoms with Crippen molar-refractivity contribution in [2.24, 2.45) is 0 Å². The Hall–Kier alpha value is -1.90. The molecular formula is C15H8BrF9O4S. The van der Waals surface area contributed by atoms with Crippen molar-refractivity contribution in [3.05, 3.63) is 34.8 Å². The molecule has 0 aromatic heterocycles. The molecule has 0 N–H and O–H groups in total. The molecule has 0 bridgehead atoms. The topological polar surface area (TPSA) is 52.6 Å². The van der Waals surface area contributed by atoms with Gasteiger partial charge in [-0.05, 0) is 51.0 Å². The molecule has 0 fully saturated rings. The summed E-state index contributed by atoms with van der Waals surface area (Å²) in [5.74, 6) is -15.6. The highest BCUT2D eigenvalue weighted by Gasteiger charge is 2.86. The summed E-state index contributed by atoms with van der Waals surface area (Å²) in [6.45, 7) is 0. The van der Waals surface area contributed by atoms with E-state index in [0.717, 1.165) is 12.1 Å². The van der Waals surface area contributed by atoms with Gasteiger partial charge in [-0.3, -0.25) is 0 Å². The maximum Gasteiger partial charge on any atom is 0.460 e. The number of hydrogen-bond acceptors (Lipinski definition) is 4. The van der Waals surface area contributed by atoms with Crippen LogP contribution in [0.3, 0.4) is 0 Å². The molecule has 0 unspecified atom stereocenters. The first-order valence-electron chi connectivity index (χ1n) is 7.30. The lowest BCUT2D eigenvalue weighted by atomic mass is 10.1. The van der Waals surface area contributed by atoms with Gasteiger partial charge in [-0.2, -0.15) is 47.9 Å². The zero-order valence-electron chi connectivity index (χ0n) is 14.2. The number of halogens is 10. The first-order chi connectivity index (χ1) is 13.4. The van der Waals surface area contributed by atoms with E-state index in [2.05, 4.69) is 20.1 Å². The van der Waals surface area contributed by atoms with E-state index in [-0.39, 0.29) is 11.1 Å². The van der Waals surface area contributed by atoms with Crippen molar-refractivity contribution in [3.63, 3.8) is 0 Å². The predicted octanol–water partition coefficient (Wildman–Crippen LogP) is 5.75. The largest absolute Gasteiger partial charge is 0.497 e. The lowest BCUT2D eigenvalue weighted by Gasteiger charge is -2.32. The molecule has 0 aliphatic heterocycles. The minimum Gasteiger partial charge on any atom is -0.497 e. The molecule has 0 saturated heterocycles. The third-order valence-corrected chi connectivity index (χ3v) is 5.63. The average molecular weight is 535 g/mol. The van der Waals surface area contributed by atoms with Gasteiger partial charge in [0.1, 0.15) is 5.75 Å². The van der Waals surface area contributed by atoms with E-state index in [0.29, 0.717) is 5.39 Å². The van der Waals surface area contributed by atoms with E-state index >= 15 is 0 Å². The Bertz CT molecular complexity index is 1070. The van der Waals surface area contributed by atoms with Crippen LogP contribution in [0.4, 0.5) is 39.5 Å². The van der Waals surface area contributed by atoms with Gasteiger partial charge in [0.05, 0.1) is 11.6 Å². The third kappa shape index (κ3) is 3.76. The van der Waals surface area contributed by atoms with Crippen molar-refractivity contribution in [3.8, 4) is 11.5 Å². The standard InChI is InChI=1S/C15H8BrF9O4S/c1-28-9-3-2-7-5-10(16)11(6-8(7)4-9)29-30(26,27)15(24,25)13(19,20)12(17,18)14(21,22)23/h2-6H,1H3. The highest BCUT2D eigenvalue weighted by atomic mass is 79.9. The highest BCUT2D eigenvalue weighted by Crippen LogP contribution is 2.55. The number of rotatable bonds is 6. The van der Waals surface area contributed by atoms with Crippen LogP contribution >= 0.6 is 15.9 Å². The van der Waals surface area contributed by atoms with Crippen molar-refractivity contribution in [1.29, 1.82) is 0 Å². The number of benzene rings is 2. The second-order valence-corrected chi connectivity index (χ2v) is 8.14. The second-order valence-electron chi connectivity index (χ2n) is 5.70. The minimum atomic E-state index is -7.39. The van der Waals surface area contributed by atoms with Gasteiger partial charge in [0.15, 0.2) is 5.75 Å². The Kier molecular flexibility index (Phi) is 5.97. The zero-order chi connectivity index (χ0) is 23.3. The Morgan fingerprint density at radius 2 is 1.40 bits per heavy atom. The summed E-state index contributed by atoms with van der Waals surface area (Å²) < 4.78 is 148. The molecule has 0 aliphatic carbocycles. The van der Waals surface area contributed by atoms with Gasteiger partial charge in [-0.15, -0.1) is 0 Å². The summed E-state index contributed by atoms with van der Waals surface area (Å²) in [5, 5.41) is -6.52. The van der Waals surface area contributed by atoms with Crippen molar-refractivity contribution >= 4 is 36.8 Å². The normalized spacial score (nSPS) is 14.1. The smallest absolute Gasteiger partial charge is 0.460 e. The zero-order valence-corrected chi connectivity index (χ0v) is 16.6. The van der Waals surface area contributed by atoms with E-state index in [4.69, 9.17) is 4.74 Å². The monoisotopic (exact) mass is 534 g/mol. The quantitative estimate of drug-likeness (QED) is 0.350. The van der Waals surface area contributed by atoms with Crippen molar-refractivity contribution < 1.29 is 56.9 Å². The molecule has 0 aliphatic rings. The fourth-order valence-corrected chi connectivity index (χ4v) is 3.58. The molecule has 0 atom stereocenters. The van der Waals surface area contributed by atoms with Gasteiger partial charge < -0.3 is 8.92 Å². The predicted molar refractivity (Wildman–Crippen MR) is 88.6 cm³/mol. The van der Waals surface area contributed by atoms with Gasteiger partial charge in [0.2, 0.25) is 0 Å². The van der Waals surface area contributed by atoms with Crippen LogP contribution < -0.4 is 8.92 Å². The molecule has 0 heterocycles. The molecule has 15 heteroatoms. The van der Waals surface area contributed by atoms with E-state index in [1.807, 2.05) is 0 Å². The molecule has 2 aromatic rings. The van der Waals surface area contributed by atoms with Crippen LogP contribution in [-0.2, 0) is 10.1 Å². The van der Waals surface area contributed by atoms with Crippen LogP contribution in [-0.4, -0.2) is 38.8 Å². The summed E-state index contributed by atoms with van der Waals surface area (Å²) in [5.41, 5.74) is 0. The summed E-state index contributed by atoms with van der Waals surface area (Å²) in [6, 6.07) is 5.99. The summed E-state index contributed by atoms with van der Waals surface area (Å²) in [4.78, 5) is 0. The van der Waals surface area contributed by atoms with Gasteiger partial charge >= 0.3 is 33.4 Å². The number of methoxy groups -OCH3 is 1. The number of ether oxygens (including phenoxy) is 1. The number of hydrogen-bond donors (Lipinski definition) is 0. The van der Waals surface area contributed by atoms with Gasteiger partial charge in [-0.25, -0.2) is 0 Å². The Morgan fingerprint density at radius 1 is 0.833 bits per heavy atom. The van der Waals surface area contributed by atoms with Gasteiger partial charge in [0.25, 0.3) is 0 Å². The van der Waals surface area contributed by atoms with E-state index in [9.17, 15) is 47.9 Å². The minimum absolute atomic E-state index is 0.0819. The van der Waals surface area contributed by atoms with Crippen molar-refractivity contribution in [2.45, 2.75) is 23.3 Å². The molecule has 30 heavy (non-hydrogen) atoms. The fraction of sp³-hybridized carbons (Fsp3) is 0.333. The summed E-state index contributed by atoms with van der Waals surface area (Å²) in [7, 11) is -5.79. The SMILES string of the molecule is COc1ccc2cc(Br)c(OS(=O)(=O)C(F)(F)C(F)(F)C(F)(F)C(F)(F)F)cc2c1. The molecule has 2 rings (SSSR count). The average Bonchev–Trinajstić information content (AvgIpc) is 2.60. The molecule has 168 valence electrons. The van der Waals surface area contributed by atoms with Gasteiger partial charge in [-0.1, -0.05) is 6.07 Å². The van der Waals surface area contributed by atoms with Gasteiger partial charge in [0, 0.05) is 0 Å². The molecule has 4 nitrogen and oxygen atoms in total. The van der Waals surface area contributed by atoms with E-state index in [1.165, 1.54) is 25.3 Å². The first kappa shape index (κ1) is 24.4. The van der Waals surface area contributed by atoms with Crippen LogP contribution in [0.5, 0.6) is 11.5 Å². The van der Waals surface area contributed by atoms with Crippen LogP contribution in [0.2, 0.25) is 0 Å². The van der Waals surface area contributed by atoms with Crippen LogP contribution in [0, 0.1) is 0 Å². The van der Waals surface area contributed by atoms with E-state index in [1.54, 1.807) is 0 Å². The molecule has 0 amide bonds. The second kappa shape index (κ2) is 7.35. The molecule has 0 spiro atoms. The van der Waals surface area contributed by atoms with Crippen LogP contribution in [0.15, 0.2) is 34.8 Å². The molecule has 2 aromatic carbocycles. The summed E-state index contributed by atoms with van der Waals surface area (Å²) in [6.07, 6.45) is -7.17. The van der Waals surface area contributed by atoms with Crippen LogP contribution in [0.1, 0.15) is 0 Å². The van der Waals surface area contributed by atoms with Crippen LogP contribution in [0.25, 0.3) is 10.8 Å². The first-order valence-corrected chi connectivity index (χ1v) is 9.50.